The number of methoxy groups -OCH3 is 1. The highest BCUT2D eigenvalue weighted by atomic mass is 16.5. The predicted molar refractivity (Wildman–Crippen MR) is 183 cm³/mol. The van der Waals surface area contributed by atoms with Crippen LogP contribution < -0.4 is 30.7 Å². The number of nitrogens with one attached hydrogen (secondary N) is 4. The SMILES string of the molecule is COc1cccc(CCCNC(=O)[C@@H]2CC(=O)N(C)[C@@H](CC(C)C)C(=O)N[C@H](C(C)C)C(=O)N[C@@H](C)COc3ccccc3C(=O)N2)c1. The molecule has 4 N–H and O–H groups in total. The molecule has 1 heterocycles. The van der Waals surface area contributed by atoms with E-state index in [0.29, 0.717) is 25.8 Å². The van der Waals surface area contributed by atoms with E-state index in [0.717, 1.165) is 11.3 Å². The van der Waals surface area contributed by atoms with Gasteiger partial charge >= 0.3 is 0 Å². The van der Waals surface area contributed by atoms with Crippen LogP contribution in [0.3, 0.4) is 0 Å². The van der Waals surface area contributed by atoms with Crippen LogP contribution in [0.1, 0.15) is 69.8 Å². The molecule has 5 amide bonds. The lowest BCUT2D eigenvalue weighted by Crippen LogP contribution is -2.57. The van der Waals surface area contributed by atoms with Crippen LogP contribution in [0.2, 0.25) is 0 Å². The fourth-order valence-corrected chi connectivity index (χ4v) is 5.43. The van der Waals surface area contributed by atoms with Crippen LogP contribution in [0.5, 0.6) is 11.5 Å². The molecule has 3 rings (SSSR count). The van der Waals surface area contributed by atoms with Crippen molar-refractivity contribution < 1.29 is 33.4 Å². The Hall–Kier alpha value is -4.61. The Labute approximate surface area is 283 Å². The summed E-state index contributed by atoms with van der Waals surface area (Å²) in [4.78, 5) is 69.2. The Morgan fingerprint density at radius 2 is 1.73 bits per heavy atom. The third-order valence-corrected chi connectivity index (χ3v) is 8.19. The van der Waals surface area contributed by atoms with E-state index in [4.69, 9.17) is 9.47 Å². The number of likely N-dealkylation sites (N-methyl/N-ethyl adjacent to an activating group) is 1. The fraction of sp³-hybridized carbons (Fsp3) is 0.528. The van der Waals surface area contributed by atoms with Gasteiger partial charge in [0.25, 0.3) is 5.91 Å². The first-order chi connectivity index (χ1) is 22.8. The molecule has 12 heteroatoms. The zero-order chi connectivity index (χ0) is 35.4. The summed E-state index contributed by atoms with van der Waals surface area (Å²) in [5.41, 5.74) is 1.22. The molecule has 0 aromatic heterocycles. The predicted octanol–water partition coefficient (Wildman–Crippen LogP) is 2.84. The van der Waals surface area contributed by atoms with Crippen LogP contribution in [0, 0.1) is 11.8 Å². The molecule has 0 fully saturated rings. The third kappa shape index (κ3) is 11.0. The van der Waals surface area contributed by atoms with E-state index < -0.39 is 47.8 Å². The zero-order valence-corrected chi connectivity index (χ0v) is 29.1. The van der Waals surface area contributed by atoms with E-state index in [9.17, 15) is 24.0 Å². The molecule has 2 aromatic carbocycles. The molecule has 1 aliphatic rings. The second-order valence-electron chi connectivity index (χ2n) is 13.1. The van der Waals surface area contributed by atoms with Crippen molar-refractivity contribution in [3.8, 4) is 11.5 Å². The number of hydrogen-bond acceptors (Lipinski definition) is 7. The number of para-hydroxylation sites is 1. The average molecular weight is 666 g/mol. The van der Waals surface area contributed by atoms with Crippen LogP contribution in [0.4, 0.5) is 0 Å². The highest BCUT2D eigenvalue weighted by Crippen LogP contribution is 2.20. The van der Waals surface area contributed by atoms with Gasteiger partial charge in [0.15, 0.2) is 0 Å². The van der Waals surface area contributed by atoms with Crippen molar-refractivity contribution in [3.63, 3.8) is 0 Å². The highest BCUT2D eigenvalue weighted by molar-refractivity contribution is 6.01. The maximum Gasteiger partial charge on any atom is 0.255 e. The number of rotatable bonds is 9. The molecule has 0 saturated carbocycles. The van der Waals surface area contributed by atoms with Crippen molar-refractivity contribution in [1.82, 2.24) is 26.2 Å². The molecule has 0 unspecified atom stereocenters. The summed E-state index contributed by atoms with van der Waals surface area (Å²) in [6, 6.07) is 10.8. The van der Waals surface area contributed by atoms with Crippen LogP contribution in [-0.2, 0) is 25.6 Å². The second-order valence-corrected chi connectivity index (χ2v) is 13.1. The number of nitrogens with zero attached hydrogens (tertiary/aromatic N) is 1. The quantitative estimate of drug-likeness (QED) is 0.300. The maximum absolute atomic E-state index is 13.8. The molecule has 1 aliphatic heterocycles. The first-order valence-corrected chi connectivity index (χ1v) is 16.6. The fourth-order valence-electron chi connectivity index (χ4n) is 5.43. The zero-order valence-electron chi connectivity index (χ0n) is 29.1. The molecular weight excluding hydrogens is 614 g/mol. The first-order valence-electron chi connectivity index (χ1n) is 16.6. The van der Waals surface area contributed by atoms with Crippen molar-refractivity contribution >= 4 is 29.5 Å². The monoisotopic (exact) mass is 665 g/mol. The summed E-state index contributed by atoms with van der Waals surface area (Å²) in [6.07, 6.45) is 1.23. The minimum Gasteiger partial charge on any atom is -0.497 e. The number of benzene rings is 2. The van der Waals surface area contributed by atoms with E-state index in [-0.39, 0.29) is 42.1 Å². The van der Waals surface area contributed by atoms with Crippen LogP contribution in [0.25, 0.3) is 0 Å². The Morgan fingerprint density at radius 3 is 2.42 bits per heavy atom. The van der Waals surface area contributed by atoms with Crippen molar-refractivity contribution in [1.29, 1.82) is 0 Å². The summed E-state index contributed by atoms with van der Waals surface area (Å²) in [5, 5.41) is 11.3. The minimum atomic E-state index is -1.23. The largest absolute Gasteiger partial charge is 0.497 e. The number of ether oxygens (including phenoxy) is 2. The summed E-state index contributed by atoms with van der Waals surface area (Å²) in [6.45, 7) is 9.63. The molecule has 48 heavy (non-hydrogen) atoms. The lowest BCUT2D eigenvalue weighted by atomic mass is 9.98. The summed E-state index contributed by atoms with van der Waals surface area (Å²) in [5.74, 6) is -1.71. The van der Waals surface area contributed by atoms with Gasteiger partial charge in [0.1, 0.15) is 36.2 Å². The molecular formula is C36H51N5O7. The Balaban J connectivity index is 1.90. The summed E-state index contributed by atoms with van der Waals surface area (Å²) in [7, 11) is 3.11. The van der Waals surface area contributed by atoms with Crippen LogP contribution in [-0.4, -0.2) is 85.9 Å². The van der Waals surface area contributed by atoms with Gasteiger partial charge in [0.05, 0.1) is 25.1 Å². The van der Waals surface area contributed by atoms with Gasteiger partial charge in [-0.3, -0.25) is 24.0 Å². The lowest BCUT2D eigenvalue weighted by Gasteiger charge is -2.32. The number of aryl methyl sites for hydroxylation is 1. The molecule has 12 nitrogen and oxygen atoms in total. The lowest BCUT2D eigenvalue weighted by molar-refractivity contribution is -0.142. The van der Waals surface area contributed by atoms with Crippen molar-refractivity contribution in [2.45, 2.75) is 84.5 Å². The van der Waals surface area contributed by atoms with E-state index in [1.807, 2.05) is 52.0 Å². The summed E-state index contributed by atoms with van der Waals surface area (Å²) < 4.78 is 11.2. The Morgan fingerprint density at radius 1 is 1.00 bits per heavy atom. The van der Waals surface area contributed by atoms with Gasteiger partial charge in [-0.05, 0) is 67.9 Å². The van der Waals surface area contributed by atoms with Gasteiger partial charge in [0, 0.05) is 13.6 Å². The molecule has 0 radical (unpaired) electrons. The van der Waals surface area contributed by atoms with Gasteiger partial charge in [-0.25, -0.2) is 0 Å². The number of carbonyl (C=O) groups is 5. The third-order valence-electron chi connectivity index (χ3n) is 8.19. The first kappa shape index (κ1) is 37.8. The van der Waals surface area contributed by atoms with Gasteiger partial charge in [0.2, 0.25) is 23.6 Å². The number of hydrogen-bond donors (Lipinski definition) is 4. The molecule has 2 aromatic rings. The summed E-state index contributed by atoms with van der Waals surface area (Å²) >= 11 is 0. The molecule has 0 bridgehead atoms. The maximum atomic E-state index is 13.8. The van der Waals surface area contributed by atoms with Crippen molar-refractivity contribution in [2.24, 2.45) is 11.8 Å². The van der Waals surface area contributed by atoms with Crippen molar-refractivity contribution in [2.75, 3.05) is 27.3 Å². The molecule has 0 spiro atoms. The topological polar surface area (TPSA) is 155 Å². The van der Waals surface area contributed by atoms with E-state index in [2.05, 4.69) is 21.3 Å². The minimum absolute atomic E-state index is 0.0356. The smallest absolute Gasteiger partial charge is 0.255 e. The van der Waals surface area contributed by atoms with E-state index >= 15 is 0 Å². The highest BCUT2D eigenvalue weighted by Gasteiger charge is 2.35. The molecule has 262 valence electrons. The molecule has 4 atom stereocenters. The van der Waals surface area contributed by atoms with Gasteiger partial charge in [-0.1, -0.05) is 52.0 Å². The number of fused-ring (bicyclic) bond motifs is 1. The average Bonchev–Trinajstić information content (AvgIpc) is 3.05. The van der Waals surface area contributed by atoms with Crippen molar-refractivity contribution in [3.05, 3.63) is 59.7 Å². The number of amides is 5. The van der Waals surface area contributed by atoms with Gasteiger partial charge in [-0.2, -0.15) is 0 Å². The van der Waals surface area contributed by atoms with Crippen LogP contribution in [0.15, 0.2) is 48.5 Å². The van der Waals surface area contributed by atoms with E-state index in [1.54, 1.807) is 38.3 Å². The Bertz CT molecular complexity index is 1430. The molecule has 0 aliphatic carbocycles. The normalized spacial score (nSPS) is 21.4. The Kier molecular flexibility index (Phi) is 14.2. The van der Waals surface area contributed by atoms with Gasteiger partial charge in [-0.15, -0.1) is 0 Å². The van der Waals surface area contributed by atoms with Gasteiger partial charge < -0.3 is 35.6 Å². The number of carbonyl (C=O) groups excluding carboxylic acids is 5. The van der Waals surface area contributed by atoms with Crippen LogP contribution >= 0.6 is 0 Å². The standard InChI is InChI=1S/C36H51N5O7/c1-22(2)18-29-35(45)40-32(23(3)4)36(46)38-24(5)21-48-30-16-9-8-15-27(30)33(43)39-28(20-31(42)41(29)6)34(44)37-17-11-13-25-12-10-14-26(19-25)47-7/h8-10,12,14-16,19,22-24,28-29,32H,11,13,17-18,20-21H2,1-7H3,(H,37,44)(H,38,46)(H,39,43)(H,40,45)/t24-,28-,29-,32+/m0/s1. The molecule has 0 saturated heterocycles. The van der Waals surface area contributed by atoms with E-state index in [1.165, 1.54) is 11.9 Å². The second kappa shape index (κ2) is 18.1.